The molecule has 5 nitrogen and oxygen atoms in total. The molecule has 1 aromatic heterocycles. The highest BCUT2D eigenvalue weighted by Gasteiger charge is 2.43. The summed E-state index contributed by atoms with van der Waals surface area (Å²) >= 11 is 9.61. The molecule has 1 amide bonds. The standard InChI is InChI=1S/C24H15BrClNO4/c1-30-17-8-5-13(6-9-17)21-20-22(28)18-11-14(25)7-10-19(18)31-23(20)24(29)27(21)16-4-2-3-15(26)12-16/h2-12,21H,1H3. The minimum atomic E-state index is -0.661. The van der Waals surface area contributed by atoms with E-state index in [1.54, 1.807) is 66.6 Å². The second-order valence-electron chi connectivity index (χ2n) is 7.15. The van der Waals surface area contributed by atoms with Gasteiger partial charge in [0.05, 0.1) is 24.1 Å². The van der Waals surface area contributed by atoms with Crippen LogP contribution in [0.15, 0.2) is 80.4 Å². The third-order valence-electron chi connectivity index (χ3n) is 5.35. The molecule has 0 aliphatic carbocycles. The molecule has 0 saturated carbocycles. The van der Waals surface area contributed by atoms with Gasteiger partial charge in [0, 0.05) is 15.2 Å². The molecular formula is C24H15BrClNO4. The van der Waals surface area contributed by atoms with E-state index in [1.807, 2.05) is 12.1 Å². The third-order valence-corrected chi connectivity index (χ3v) is 6.08. The average Bonchev–Trinajstić information content (AvgIpc) is 3.07. The molecule has 0 saturated heterocycles. The molecule has 154 valence electrons. The van der Waals surface area contributed by atoms with Crippen molar-refractivity contribution in [3.8, 4) is 5.75 Å². The number of fused-ring (bicyclic) bond motifs is 2. The third kappa shape index (κ3) is 3.23. The number of halogens is 2. The van der Waals surface area contributed by atoms with Crippen molar-refractivity contribution in [2.75, 3.05) is 12.0 Å². The van der Waals surface area contributed by atoms with Crippen LogP contribution in [-0.2, 0) is 0 Å². The molecule has 0 bridgehead atoms. The number of hydrogen-bond acceptors (Lipinski definition) is 4. The molecule has 1 aliphatic rings. The first-order valence-corrected chi connectivity index (χ1v) is 10.6. The van der Waals surface area contributed by atoms with Crippen molar-refractivity contribution in [2.24, 2.45) is 0 Å². The van der Waals surface area contributed by atoms with Gasteiger partial charge in [0.15, 0.2) is 5.43 Å². The van der Waals surface area contributed by atoms with E-state index in [-0.39, 0.29) is 17.1 Å². The first-order valence-electron chi connectivity index (χ1n) is 9.47. The molecule has 5 rings (SSSR count). The monoisotopic (exact) mass is 495 g/mol. The minimum absolute atomic E-state index is 0.0422. The number of amides is 1. The van der Waals surface area contributed by atoms with Gasteiger partial charge < -0.3 is 9.15 Å². The van der Waals surface area contributed by atoms with E-state index in [9.17, 15) is 9.59 Å². The number of nitrogens with zero attached hydrogens (tertiary/aromatic N) is 1. The second-order valence-corrected chi connectivity index (χ2v) is 8.50. The molecule has 0 fully saturated rings. The lowest BCUT2D eigenvalue weighted by molar-refractivity contribution is 0.0971. The van der Waals surface area contributed by atoms with Crippen LogP contribution >= 0.6 is 27.5 Å². The van der Waals surface area contributed by atoms with Crippen LogP contribution in [-0.4, -0.2) is 13.0 Å². The summed E-state index contributed by atoms with van der Waals surface area (Å²) in [5.74, 6) is 0.331. The Labute approximate surface area is 190 Å². The van der Waals surface area contributed by atoms with E-state index >= 15 is 0 Å². The van der Waals surface area contributed by atoms with Crippen molar-refractivity contribution in [1.29, 1.82) is 0 Å². The molecule has 1 unspecified atom stereocenters. The number of carbonyl (C=O) groups excluding carboxylic acids is 1. The normalized spacial score (nSPS) is 15.4. The Balaban J connectivity index is 1.80. The van der Waals surface area contributed by atoms with Gasteiger partial charge in [-0.3, -0.25) is 14.5 Å². The Morgan fingerprint density at radius 2 is 1.81 bits per heavy atom. The summed E-state index contributed by atoms with van der Waals surface area (Å²) in [6, 6.07) is 18.8. The zero-order valence-corrected chi connectivity index (χ0v) is 18.6. The van der Waals surface area contributed by atoms with Gasteiger partial charge in [0.1, 0.15) is 11.3 Å². The zero-order chi connectivity index (χ0) is 21.7. The number of methoxy groups -OCH3 is 1. The maximum absolute atomic E-state index is 13.6. The summed E-state index contributed by atoms with van der Waals surface area (Å²) in [7, 11) is 1.58. The van der Waals surface area contributed by atoms with Gasteiger partial charge in [0.25, 0.3) is 5.91 Å². The zero-order valence-electron chi connectivity index (χ0n) is 16.3. The Bertz CT molecular complexity index is 1400. The van der Waals surface area contributed by atoms with Gasteiger partial charge in [-0.15, -0.1) is 0 Å². The Morgan fingerprint density at radius 3 is 2.52 bits per heavy atom. The average molecular weight is 497 g/mol. The number of ether oxygens (including phenoxy) is 1. The number of benzene rings is 3. The Hall–Kier alpha value is -3.09. The minimum Gasteiger partial charge on any atom is -0.497 e. The van der Waals surface area contributed by atoms with E-state index in [2.05, 4.69) is 15.9 Å². The molecular weight excluding hydrogens is 482 g/mol. The summed E-state index contributed by atoms with van der Waals surface area (Å²) in [5.41, 5.74) is 1.77. The summed E-state index contributed by atoms with van der Waals surface area (Å²) in [6.07, 6.45) is 0. The quantitative estimate of drug-likeness (QED) is 0.351. The fourth-order valence-electron chi connectivity index (χ4n) is 3.94. The van der Waals surface area contributed by atoms with Gasteiger partial charge in [-0.05, 0) is 54.1 Å². The second kappa shape index (κ2) is 7.55. The lowest BCUT2D eigenvalue weighted by atomic mass is 9.98. The summed E-state index contributed by atoms with van der Waals surface area (Å²) in [4.78, 5) is 28.6. The highest BCUT2D eigenvalue weighted by molar-refractivity contribution is 9.10. The molecule has 1 atom stereocenters. The summed E-state index contributed by atoms with van der Waals surface area (Å²) in [5, 5.41) is 0.899. The lowest BCUT2D eigenvalue weighted by Crippen LogP contribution is -2.29. The Kier molecular flexibility index (Phi) is 4.84. The van der Waals surface area contributed by atoms with E-state index in [1.165, 1.54) is 0 Å². The van der Waals surface area contributed by atoms with Crippen LogP contribution in [0.3, 0.4) is 0 Å². The summed E-state index contributed by atoms with van der Waals surface area (Å²) in [6.45, 7) is 0. The van der Waals surface area contributed by atoms with Crippen molar-refractivity contribution in [3.05, 3.63) is 103 Å². The maximum Gasteiger partial charge on any atom is 0.295 e. The van der Waals surface area contributed by atoms with Crippen LogP contribution < -0.4 is 15.1 Å². The van der Waals surface area contributed by atoms with Crippen molar-refractivity contribution < 1.29 is 13.9 Å². The van der Waals surface area contributed by atoms with E-state index < -0.39 is 6.04 Å². The molecule has 3 aromatic carbocycles. The van der Waals surface area contributed by atoms with E-state index in [0.717, 1.165) is 10.0 Å². The molecule has 4 aromatic rings. The highest BCUT2D eigenvalue weighted by atomic mass is 79.9. The van der Waals surface area contributed by atoms with Gasteiger partial charge in [-0.1, -0.05) is 45.7 Å². The predicted octanol–water partition coefficient (Wildman–Crippen LogP) is 5.97. The topological polar surface area (TPSA) is 59.8 Å². The fourth-order valence-corrected chi connectivity index (χ4v) is 4.48. The van der Waals surface area contributed by atoms with E-state index in [0.29, 0.717) is 33.0 Å². The maximum atomic E-state index is 13.6. The fraction of sp³-hybridized carbons (Fsp3) is 0.0833. The van der Waals surface area contributed by atoms with Crippen LogP contribution in [0.1, 0.15) is 27.7 Å². The van der Waals surface area contributed by atoms with Crippen molar-refractivity contribution in [1.82, 2.24) is 0 Å². The van der Waals surface area contributed by atoms with Crippen molar-refractivity contribution in [3.63, 3.8) is 0 Å². The summed E-state index contributed by atoms with van der Waals surface area (Å²) < 4.78 is 12.0. The molecule has 2 heterocycles. The number of rotatable bonds is 3. The first-order chi connectivity index (χ1) is 15.0. The Morgan fingerprint density at radius 1 is 1.03 bits per heavy atom. The smallest absolute Gasteiger partial charge is 0.295 e. The van der Waals surface area contributed by atoms with Gasteiger partial charge in [0.2, 0.25) is 5.76 Å². The van der Waals surface area contributed by atoms with Crippen LogP contribution in [0, 0.1) is 0 Å². The molecule has 7 heteroatoms. The van der Waals surface area contributed by atoms with Crippen LogP contribution in [0.5, 0.6) is 5.75 Å². The largest absolute Gasteiger partial charge is 0.497 e. The molecule has 0 N–H and O–H groups in total. The van der Waals surface area contributed by atoms with Crippen LogP contribution in [0.2, 0.25) is 5.02 Å². The SMILES string of the molecule is COc1ccc(C2c3c(oc4ccc(Br)cc4c3=O)C(=O)N2c2cccc(Cl)c2)cc1. The molecule has 0 radical (unpaired) electrons. The van der Waals surface area contributed by atoms with Gasteiger partial charge >= 0.3 is 0 Å². The van der Waals surface area contributed by atoms with E-state index in [4.69, 9.17) is 20.8 Å². The van der Waals surface area contributed by atoms with Crippen molar-refractivity contribution >= 4 is 50.1 Å². The number of anilines is 1. The van der Waals surface area contributed by atoms with Crippen LogP contribution in [0.4, 0.5) is 5.69 Å². The van der Waals surface area contributed by atoms with Crippen LogP contribution in [0.25, 0.3) is 11.0 Å². The highest BCUT2D eigenvalue weighted by Crippen LogP contribution is 2.42. The number of carbonyl (C=O) groups is 1. The number of hydrogen-bond donors (Lipinski definition) is 0. The van der Waals surface area contributed by atoms with Gasteiger partial charge in [-0.2, -0.15) is 0 Å². The lowest BCUT2D eigenvalue weighted by Gasteiger charge is -2.25. The molecule has 1 aliphatic heterocycles. The molecule has 31 heavy (non-hydrogen) atoms. The first kappa shape index (κ1) is 19.8. The predicted molar refractivity (Wildman–Crippen MR) is 123 cm³/mol. The molecule has 0 spiro atoms. The van der Waals surface area contributed by atoms with Crippen molar-refractivity contribution in [2.45, 2.75) is 6.04 Å². The van der Waals surface area contributed by atoms with Gasteiger partial charge in [-0.25, -0.2) is 0 Å².